The van der Waals surface area contributed by atoms with Crippen molar-refractivity contribution in [2.45, 2.75) is 69.2 Å². The number of Topliss-reactive ketones (excluding diaryl/α,β-unsaturated/α-hetero) is 2. The first kappa shape index (κ1) is 27.6. The van der Waals surface area contributed by atoms with Crippen molar-refractivity contribution in [3.8, 4) is 5.75 Å². The van der Waals surface area contributed by atoms with Crippen LogP contribution in [-0.2, 0) is 27.3 Å². The molecule has 4 aliphatic rings. The number of aliphatic hydroxyl groups excluding tert-OH is 2. The molecule has 0 heterocycles. The standard InChI is InChI=1S/C28H34ClN3O7/c1-32(2)22-16-9-12-8-15-19(17(33)10-13(21(15)29)11-31-14-6-4-3-5-7-14)23(34)18(12)25(36)28(16,39)26(37)20(24(22)35)27(30)38/h10,12,14,16,22,31,33-34,37,39H,3-9,11H2,1-2H3,(H2,30,38)/t12-,16-,22-,28-/m0/s1. The number of carbonyl (C=O) groups is 3. The molecule has 7 N–H and O–H groups in total. The molecule has 1 aromatic rings. The van der Waals surface area contributed by atoms with Gasteiger partial charge in [-0.25, -0.2) is 0 Å². The Kier molecular flexibility index (Phi) is 7.03. The number of amides is 1. The molecule has 1 amide bonds. The van der Waals surface area contributed by atoms with Crippen LogP contribution in [0.3, 0.4) is 0 Å². The Bertz CT molecular complexity index is 1330. The summed E-state index contributed by atoms with van der Waals surface area (Å²) < 4.78 is 0. The molecular weight excluding hydrogens is 526 g/mol. The number of ketones is 2. The van der Waals surface area contributed by atoms with E-state index in [0.717, 1.165) is 25.7 Å². The van der Waals surface area contributed by atoms with E-state index < -0.39 is 58.0 Å². The van der Waals surface area contributed by atoms with Gasteiger partial charge in [0.25, 0.3) is 5.91 Å². The van der Waals surface area contributed by atoms with Gasteiger partial charge in [-0.2, -0.15) is 0 Å². The van der Waals surface area contributed by atoms with E-state index in [1.54, 1.807) is 14.1 Å². The van der Waals surface area contributed by atoms with Gasteiger partial charge in [0.2, 0.25) is 5.78 Å². The third kappa shape index (κ3) is 4.16. The number of benzene rings is 1. The Balaban J connectivity index is 1.59. The summed E-state index contributed by atoms with van der Waals surface area (Å²) in [5.41, 5.74) is 2.80. The monoisotopic (exact) mass is 559 g/mol. The molecule has 1 aromatic carbocycles. The van der Waals surface area contributed by atoms with Gasteiger partial charge in [0.15, 0.2) is 11.4 Å². The molecule has 5 rings (SSSR count). The Morgan fingerprint density at radius 3 is 2.46 bits per heavy atom. The molecule has 0 unspecified atom stereocenters. The molecule has 39 heavy (non-hydrogen) atoms. The van der Waals surface area contributed by atoms with Crippen LogP contribution >= 0.6 is 11.6 Å². The van der Waals surface area contributed by atoms with E-state index in [9.17, 15) is 34.8 Å². The van der Waals surface area contributed by atoms with Crippen LogP contribution in [0.15, 0.2) is 23.0 Å². The van der Waals surface area contributed by atoms with Crippen LogP contribution in [0.1, 0.15) is 55.2 Å². The van der Waals surface area contributed by atoms with Gasteiger partial charge in [-0.15, -0.1) is 0 Å². The topological polar surface area (TPSA) is 173 Å². The summed E-state index contributed by atoms with van der Waals surface area (Å²) in [6.07, 6.45) is 5.87. The highest BCUT2D eigenvalue weighted by Gasteiger charge is 2.64. The minimum atomic E-state index is -2.66. The van der Waals surface area contributed by atoms with Gasteiger partial charge in [-0.3, -0.25) is 19.3 Å². The molecule has 0 bridgehead atoms. The molecule has 210 valence electrons. The fourth-order valence-corrected chi connectivity index (χ4v) is 7.33. The van der Waals surface area contributed by atoms with Crippen LogP contribution in [0, 0.1) is 11.8 Å². The third-order valence-corrected chi connectivity index (χ3v) is 9.39. The maximum absolute atomic E-state index is 13.9. The third-order valence-electron chi connectivity index (χ3n) is 8.92. The first-order valence-electron chi connectivity index (χ1n) is 13.3. The zero-order valence-corrected chi connectivity index (χ0v) is 22.7. The number of phenolic OH excluding ortho intramolecular Hbond substituents is 1. The van der Waals surface area contributed by atoms with Crippen LogP contribution in [0.2, 0.25) is 5.02 Å². The fraction of sp³-hybridized carbons (Fsp3) is 0.536. The molecule has 10 nitrogen and oxygen atoms in total. The average Bonchev–Trinajstić information content (AvgIpc) is 2.87. The summed E-state index contributed by atoms with van der Waals surface area (Å²) in [6.45, 7) is 0.430. The van der Waals surface area contributed by atoms with E-state index >= 15 is 0 Å². The van der Waals surface area contributed by atoms with Crippen LogP contribution in [-0.4, -0.2) is 74.6 Å². The highest BCUT2D eigenvalue weighted by Crippen LogP contribution is 2.53. The van der Waals surface area contributed by atoms with Gasteiger partial charge >= 0.3 is 0 Å². The van der Waals surface area contributed by atoms with Crippen molar-refractivity contribution in [2.75, 3.05) is 14.1 Å². The zero-order chi connectivity index (χ0) is 28.4. The second-order valence-electron chi connectivity index (χ2n) is 11.4. The van der Waals surface area contributed by atoms with Gasteiger partial charge in [0.1, 0.15) is 22.8 Å². The summed E-state index contributed by atoms with van der Waals surface area (Å²) in [6, 6.07) is 0.694. The van der Waals surface area contributed by atoms with Crippen molar-refractivity contribution < 1.29 is 34.8 Å². The molecule has 0 saturated heterocycles. The minimum absolute atomic E-state index is 0.00212. The highest BCUT2D eigenvalue weighted by atomic mass is 35.5. The molecule has 0 aliphatic heterocycles. The summed E-state index contributed by atoms with van der Waals surface area (Å²) >= 11 is 6.81. The van der Waals surface area contributed by atoms with E-state index in [1.807, 2.05) is 0 Å². The molecule has 2 fully saturated rings. The summed E-state index contributed by atoms with van der Waals surface area (Å²) in [5.74, 6) is -6.79. The van der Waals surface area contributed by atoms with Gasteiger partial charge < -0.3 is 31.5 Å². The van der Waals surface area contributed by atoms with E-state index in [-0.39, 0.29) is 29.7 Å². The SMILES string of the molecule is CN(C)[C@@H]1C(=O)C(C(N)=O)=C(O)[C@@]2(O)C(=O)C3=C(O)c4c(O)cc(CNC5CCCCC5)c(Cl)c4C[C@H]3C[C@@H]12. The minimum Gasteiger partial charge on any atom is -0.508 e. The molecular formula is C28H34ClN3O7. The van der Waals surface area contributed by atoms with Gasteiger partial charge in [0, 0.05) is 29.1 Å². The molecule has 0 spiro atoms. The molecule has 11 heteroatoms. The number of phenols is 1. The number of nitrogens with zero attached hydrogens (tertiary/aromatic N) is 1. The largest absolute Gasteiger partial charge is 0.508 e. The van der Waals surface area contributed by atoms with Crippen LogP contribution in [0.5, 0.6) is 5.75 Å². The first-order chi connectivity index (χ1) is 18.4. The van der Waals surface area contributed by atoms with Gasteiger partial charge in [-0.05, 0) is 62.9 Å². The van der Waals surface area contributed by atoms with Crippen molar-refractivity contribution in [3.63, 3.8) is 0 Å². The van der Waals surface area contributed by atoms with Crippen molar-refractivity contribution in [3.05, 3.63) is 44.7 Å². The number of primary amides is 1. The Morgan fingerprint density at radius 1 is 1.18 bits per heavy atom. The zero-order valence-electron chi connectivity index (χ0n) is 22.0. The number of aromatic hydroxyl groups is 1. The average molecular weight is 560 g/mol. The number of hydrogen-bond acceptors (Lipinski definition) is 9. The summed E-state index contributed by atoms with van der Waals surface area (Å²) in [4.78, 5) is 40.6. The number of likely N-dealkylation sites (N-methyl/N-ethyl adjacent to an activating group) is 1. The number of nitrogens with two attached hydrogens (primary N) is 1. The van der Waals surface area contributed by atoms with Gasteiger partial charge in [-0.1, -0.05) is 30.9 Å². The lowest BCUT2D eigenvalue weighted by molar-refractivity contribution is -0.153. The van der Waals surface area contributed by atoms with Crippen molar-refractivity contribution in [1.29, 1.82) is 0 Å². The van der Waals surface area contributed by atoms with E-state index in [1.165, 1.54) is 17.4 Å². The normalized spacial score (nSPS) is 29.4. The molecule has 4 aliphatic carbocycles. The van der Waals surface area contributed by atoms with Crippen molar-refractivity contribution in [1.82, 2.24) is 10.2 Å². The summed E-state index contributed by atoms with van der Waals surface area (Å²) in [5, 5.41) is 48.7. The number of rotatable bonds is 5. The lowest BCUT2D eigenvalue weighted by Crippen LogP contribution is -2.65. The highest BCUT2D eigenvalue weighted by molar-refractivity contribution is 6.32. The quantitative estimate of drug-likeness (QED) is 0.295. The number of hydrogen-bond donors (Lipinski definition) is 6. The van der Waals surface area contributed by atoms with E-state index in [0.29, 0.717) is 28.7 Å². The maximum atomic E-state index is 13.9. The molecule has 2 saturated carbocycles. The number of carbonyl (C=O) groups excluding carboxylic acids is 3. The number of nitrogens with one attached hydrogen (secondary N) is 1. The second kappa shape index (κ2) is 9.92. The van der Waals surface area contributed by atoms with Gasteiger partial charge in [0.05, 0.1) is 11.6 Å². The lowest BCUT2D eigenvalue weighted by atomic mass is 9.57. The first-order valence-corrected chi connectivity index (χ1v) is 13.7. The second-order valence-corrected chi connectivity index (χ2v) is 11.8. The van der Waals surface area contributed by atoms with Crippen LogP contribution in [0.4, 0.5) is 0 Å². The van der Waals surface area contributed by atoms with E-state index in [4.69, 9.17) is 17.3 Å². The van der Waals surface area contributed by atoms with Crippen molar-refractivity contribution in [2.24, 2.45) is 17.6 Å². The number of halogens is 1. The summed E-state index contributed by atoms with van der Waals surface area (Å²) in [7, 11) is 3.13. The Morgan fingerprint density at radius 2 is 1.85 bits per heavy atom. The molecule has 0 aromatic heterocycles. The van der Waals surface area contributed by atoms with Crippen LogP contribution in [0.25, 0.3) is 5.76 Å². The van der Waals surface area contributed by atoms with Crippen molar-refractivity contribution >= 4 is 34.8 Å². The predicted octanol–water partition coefficient (Wildman–Crippen LogP) is 2.04. The smallest absolute Gasteiger partial charge is 0.255 e. The Labute approximate surface area is 231 Å². The number of aliphatic hydroxyl groups is 3. The van der Waals surface area contributed by atoms with E-state index in [2.05, 4.69) is 5.32 Å². The molecule has 4 atom stereocenters. The fourth-order valence-electron chi connectivity index (χ4n) is 7.04. The molecule has 0 radical (unpaired) electrons. The number of fused-ring (bicyclic) bond motifs is 3. The predicted molar refractivity (Wildman–Crippen MR) is 143 cm³/mol. The Hall–Kier alpha value is -2.92. The lowest BCUT2D eigenvalue weighted by Gasteiger charge is -2.50. The maximum Gasteiger partial charge on any atom is 0.255 e. The van der Waals surface area contributed by atoms with Crippen LogP contribution < -0.4 is 11.1 Å².